The number of aliphatic carboxylic acids is 2. The molecule has 0 aliphatic heterocycles. The van der Waals surface area contributed by atoms with Crippen LogP contribution in [0.4, 0.5) is 0 Å². The summed E-state index contributed by atoms with van der Waals surface area (Å²) in [6.45, 7) is 2.15. The van der Waals surface area contributed by atoms with Crippen LogP contribution in [-0.2, 0) is 14.4 Å². The molecule has 0 saturated carbocycles. The summed E-state index contributed by atoms with van der Waals surface area (Å²) >= 11 is 0. The van der Waals surface area contributed by atoms with Crippen LogP contribution in [0.1, 0.15) is 72.6 Å². The van der Waals surface area contributed by atoms with Gasteiger partial charge in [0.15, 0.2) is 0 Å². The Kier molecular flexibility index (Phi) is 17.6. The second-order valence-electron chi connectivity index (χ2n) is 5.22. The largest absolute Gasteiger partial charge is 1.00 e. The van der Waals surface area contributed by atoms with Gasteiger partial charge in [-0.1, -0.05) is 45.4 Å². The van der Waals surface area contributed by atoms with Gasteiger partial charge in [0.05, 0.1) is 12.0 Å². The molecule has 0 unspecified atom stereocenters. The van der Waals surface area contributed by atoms with Gasteiger partial charge in [-0.15, -0.1) is 0 Å². The van der Waals surface area contributed by atoms with E-state index in [1.807, 2.05) is 0 Å². The van der Waals surface area contributed by atoms with Crippen molar-refractivity contribution in [1.82, 2.24) is 5.32 Å². The molecule has 0 spiro atoms. The Labute approximate surface area is 176 Å². The summed E-state index contributed by atoms with van der Waals surface area (Å²) in [6, 6.07) is -1.26. The molecule has 1 amide bonds. The smallest absolute Gasteiger partial charge is 0.550 e. The van der Waals surface area contributed by atoms with Crippen LogP contribution in [0.3, 0.4) is 0 Å². The fourth-order valence-corrected chi connectivity index (χ4v) is 2.02. The zero-order valence-electron chi connectivity index (χ0n) is 14.7. The third kappa shape index (κ3) is 15.0. The Hall–Kier alpha value is 0.0464. The summed E-state index contributed by atoms with van der Waals surface area (Å²) < 4.78 is 0. The molecule has 1 atom stereocenters. The number of rotatable bonds is 13. The molecule has 0 saturated heterocycles. The third-order valence-corrected chi connectivity index (χ3v) is 3.26. The average Bonchev–Trinajstić information content (AvgIpc) is 2.41. The van der Waals surface area contributed by atoms with Gasteiger partial charge in [0.2, 0.25) is 5.91 Å². The van der Waals surface area contributed by atoms with Gasteiger partial charge < -0.3 is 25.1 Å². The minimum atomic E-state index is -1.47. The van der Waals surface area contributed by atoms with Gasteiger partial charge in [0.25, 0.3) is 0 Å². The predicted molar refractivity (Wildman–Crippen MR) is 74.9 cm³/mol. The first kappa shape index (κ1) is 24.3. The molecule has 0 rings (SSSR count). The molecule has 1 N–H and O–H groups in total. The van der Waals surface area contributed by atoms with Gasteiger partial charge in [-0.2, -0.15) is 0 Å². The van der Waals surface area contributed by atoms with Crippen molar-refractivity contribution >= 4 is 17.8 Å². The number of nitrogens with one attached hydrogen (secondary N) is 1. The maximum absolute atomic E-state index is 11.6. The molecule has 0 fully saturated rings. The molecular weight excluding hydrogens is 313 g/mol. The first-order valence-electron chi connectivity index (χ1n) is 7.67. The van der Waals surface area contributed by atoms with Crippen molar-refractivity contribution in [2.24, 2.45) is 0 Å². The number of amides is 1. The van der Waals surface area contributed by atoms with E-state index in [9.17, 15) is 24.6 Å². The number of hydrogen-bond acceptors (Lipinski definition) is 5. The Bertz CT molecular complexity index is 342. The minimum Gasteiger partial charge on any atom is -0.550 e. The summed E-state index contributed by atoms with van der Waals surface area (Å²) in [6.07, 6.45) is 7.12. The Morgan fingerprint density at radius 1 is 0.955 bits per heavy atom. The average molecular weight is 339 g/mol. The van der Waals surface area contributed by atoms with Crippen LogP contribution >= 0.6 is 0 Å². The minimum absolute atomic E-state index is 0. The summed E-state index contributed by atoms with van der Waals surface area (Å²) in [5.41, 5.74) is 0. The number of unbranched alkanes of at least 4 members (excludes halogenated alkanes) is 6. The molecule has 0 aromatic rings. The molecule has 0 bridgehead atoms. The van der Waals surface area contributed by atoms with Crippen LogP contribution in [0.15, 0.2) is 0 Å². The summed E-state index contributed by atoms with van der Waals surface area (Å²) in [4.78, 5) is 32.7. The molecule has 0 aliphatic carbocycles. The van der Waals surface area contributed by atoms with E-state index in [-0.39, 0.29) is 71.6 Å². The summed E-state index contributed by atoms with van der Waals surface area (Å²) in [5.74, 6) is -3.19. The monoisotopic (exact) mass is 339 g/mol. The quantitative estimate of drug-likeness (QED) is 0.284. The Morgan fingerprint density at radius 2 is 1.50 bits per heavy atom. The molecule has 0 aliphatic rings. The number of carboxylic acids is 2. The van der Waals surface area contributed by atoms with E-state index in [0.717, 1.165) is 19.3 Å². The van der Waals surface area contributed by atoms with Gasteiger partial charge in [-0.3, -0.25) is 4.79 Å². The number of carbonyl (C=O) groups excluding carboxylic acids is 3. The van der Waals surface area contributed by atoms with E-state index in [0.29, 0.717) is 6.42 Å². The van der Waals surface area contributed by atoms with Gasteiger partial charge in [0, 0.05) is 12.4 Å². The summed E-state index contributed by atoms with van der Waals surface area (Å²) in [7, 11) is 0. The van der Waals surface area contributed by atoms with Crippen LogP contribution in [0.2, 0.25) is 0 Å². The van der Waals surface area contributed by atoms with Crippen molar-refractivity contribution in [2.45, 2.75) is 77.2 Å². The van der Waals surface area contributed by atoms with Crippen molar-refractivity contribution in [1.29, 1.82) is 0 Å². The van der Waals surface area contributed by atoms with Crippen LogP contribution < -0.4 is 66.9 Å². The predicted octanol–water partition coefficient (Wildman–Crippen LogP) is -2.99. The van der Waals surface area contributed by atoms with E-state index >= 15 is 0 Å². The molecule has 0 aromatic heterocycles. The first-order chi connectivity index (χ1) is 9.97. The van der Waals surface area contributed by atoms with Crippen molar-refractivity contribution in [3.63, 3.8) is 0 Å². The van der Waals surface area contributed by atoms with Crippen LogP contribution in [0.5, 0.6) is 0 Å². The molecule has 7 heteroatoms. The summed E-state index contributed by atoms with van der Waals surface area (Å²) in [5, 5.41) is 23.4. The molecule has 122 valence electrons. The second kappa shape index (κ2) is 15.9. The fourth-order valence-electron chi connectivity index (χ4n) is 2.02. The molecule has 0 aromatic carbocycles. The van der Waals surface area contributed by atoms with Crippen LogP contribution in [0.25, 0.3) is 0 Å². The number of carboxylic acid groups (broad SMARTS) is 2. The molecule has 0 heterocycles. The zero-order valence-corrected chi connectivity index (χ0v) is 16.8. The van der Waals surface area contributed by atoms with Crippen LogP contribution in [0, 0.1) is 0 Å². The number of hydrogen-bond donors (Lipinski definition) is 1. The van der Waals surface area contributed by atoms with Crippen molar-refractivity contribution in [3.8, 4) is 0 Å². The van der Waals surface area contributed by atoms with E-state index in [1.165, 1.54) is 19.3 Å². The standard InChI is InChI=1S/C15H27NO5.K/c1-2-3-4-5-6-7-8-9-13(17)16-12(15(20)21)10-11-14(18)19;/h12H,2-11H2,1H3,(H,16,17)(H,18,19)(H,20,21);/q;+1/p-1/t12-;/m0./s1. The van der Waals surface area contributed by atoms with E-state index in [4.69, 9.17) is 0 Å². The normalized spacial score (nSPS) is 11.3. The third-order valence-electron chi connectivity index (χ3n) is 3.26. The molecular formula is C15H26KNO5. The van der Waals surface area contributed by atoms with Gasteiger partial charge >= 0.3 is 52.8 Å². The maximum Gasteiger partial charge on any atom is 1.00 e. The number of carbonyl (C=O) groups is 3. The van der Waals surface area contributed by atoms with E-state index < -0.39 is 24.4 Å². The van der Waals surface area contributed by atoms with Gasteiger partial charge in [0.1, 0.15) is 0 Å². The van der Waals surface area contributed by atoms with Crippen molar-refractivity contribution < 1.29 is 77.4 Å². The molecule has 6 nitrogen and oxygen atoms in total. The van der Waals surface area contributed by atoms with E-state index in [1.54, 1.807) is 0 Å². The van der Waals surface area contributed by atoms with Crippen molar-refractivity contribution in [2.75, 3.05) is 0 Å². The van der Waals surface area contributed by atoms with Gasteiger partial charge in [-0.25, -0.2) is 0 Å². The topological polar surface area (TPSA) is 109 Å². The maximum atomic E-state index is 11.6. The Balaban J connectivity index is -0.00000200. The van der Waals surface area contributed by atoms with E-state index in [2.05, 4.69) is 12.2 Å². The first-order valence-corrected chi connectivity index (χ1v) is 7.67. The zero-order chi connectivity index (χ0) is 16.1. The van der Waals surface area contributed by atoms with Crippen molar-refractivity contribution in [3.05, 3.63) is 0 Å². The molecule has 0 radical (unpaired) electrons. The Morgan fingerprint density at radius 3 is 2.00 bits per heavy atom. The molecule has 22 heavy (non-hydrogen) atoms. The van der Waals surface area contributed by atoms with Crippen LogP contribution in [-0.4, -0.2) is 23.9 Å². The second-order valence-corrected chi connectivity index (χ2v) is 5.22. The van der Waals surface area contributed by atoms with Gasteiger partial charge in [-0.05, 0) is 19.3 Å². The fraction of sp³-hybridized carbons (Fsp3) is 0.800. The SMILES string of the molecule is CCCCCCCCCC(=O)N[C@@H](CCC(=O)[O-])C(=O)[O-].[H+].[K+].